The average molecular weight is 549 g/mol. The first kappa shape index (κ1) is 28.6. The maximum Gasteiger partial charge on any atom is 0.251 e. The van der Waals surface area contributed by atoms with Gasteiger partial charge in [0.25, 0.3) is 5.91 Å². The van der Waals surface area contributed by atoms with Gasteiger partial charge in [-0.15, -0.1) is 0 Å². The number of unbranched alkanes of at least 4 members (excludes halogenated alkanes) is 4. The van der Waals surface area contributed by atoms with Crippen molar-refractivity contribution in [2.24, 2.45) is 4.99 Å². The van der Waals surface area contributed by atoms with Crippen molar-refractivity contribution >= 4 is 35.1 Å². The third-order valence-electron chi connectivity index (χ3n) is 7.78. The van der Waals surface area contributed by atoms with E-state index in [0.29, 0.717) is 48.0 Å². The zero-order valence-electron chi connectivity index (χ0n) is 22.2. The van der Waals surface area contributed by atoms with Crippen LogP contribution in [0.4, 0.5) is 5.69 Å². The first-order valence-corrected chi connectivity index (χ1v) is 14.5. The Bertz CT molecular complexity index is 998. The fourth-order valence-electron chi connectivity index (χ4n) is 5.61. The molecule has 2 aliphatic heterocycles. The fourth-order valence-corrected chi connectivity index (χ4v) is 5.88. The van der Waals surface area contributed by atoms with Crippen LogP contribution < -0.4 is 10.1 Å². The number of aliphatic hydroxyl groups is 2. The summed E-state index contributed by atoms with van der Waals surface area (Å²) in [5, 5.41) is 21.9. The van der Waals surface area contributed by atoms with Gasteiger partial charge in [-0.1, -0.05) is 43.7 Å². The van der Waals surface area contributed by atoms with Gasteiger partial charge in [0, 0.05) is 31.2 Å². The Labute approximate surface area is 230 Å². The monoisotopic (exact) mass is 548 g/mol. The predicted molar refractivity (Wildman–Crippen MR) is 147 cm³/mol. The smallest absolute Gasteiger partial charge is 0.251 e. The highest BCUT2D eigenvalue weighted by molar-refractivity contribution is 6.33. The van der Waals surface area contributed by atoms with Crippen molar-refractivity contribution in [2.75, 3.05) is 26.4 Å². The number of nitrogens with zero attached hydrogens (tertiary/aromatic N) is 3. The molecule has 0 aromatic heterocycles. The van der Waals surface area contributed by atoms with E-state index in [1.54, 1.807) is 11.0 Å². The van der Waals surface area contributed by atoms with Crippen LogP contribution in [0.2, 0.25) is 5.02 Å². The van der Waals surface area contributed by atoms with Crippen LogP contribution in [0.25, 0.3) is 0 Å². The summed E-state index contributed by atoms with van der Waals surface area (Å²) in [4.78, 5) is 33.3. The van der Waals surface area contributed by atoms with Gasteiger partial charge in [0.05, 0.1) is 30.5 Å². The van der Waals surface area contributed by atoms with Crippen molar-refractivity contribution in [1.29, 1.82) is 0 Å². The van der Waals surface area contributed by atoms with Crippen LogP contribution in [0.1, 0.15) is 82.6 Å². The number of aliphatic hydroxyl groups excluding tert-OH is 2. The zero-order chi connectivity index (χ0) is 26.9. The summed E-state index contributed by atoms with van der Waals surface area (Å²) in [6.07, 6.45) is 11.8. The van der Waals surface area contributed by atoms with E-state index in [2.05, 4.69) is 15.2 Å². The molecule has 0 spiro atoms. The molecule has 2 amide bonds. The molecule has 4 rings (SSSR count). The van der Waals surface area contributed by atoms with Crippen molar-refractivity contribution in [3.05, 3.63) is 22.7 Å². The molecule has 10 heteroatoms. The molecule has 1 aromatic carbocycles. The highest BCUT2D eigenvalue weighted by atomic mass is 35.5. The fraction of sp³-hybridized carbons (Fsp3) is 0.679. The van der Waals surface area contributed by atoms with E-state index < -0.39 is 6.04 Å². The van der Waals surface area contributed by atoms with E-state index >= 15 is 0 Å². The van der Waals surface area contributed by atoms with E-state index in [1.165, 1.54) is 19.3 Å². The van der Waals surface area contributed by atoms with E-state index in [4.69, 9.17) is 21.4 Å². The molecule has 1 atom stereocenters. The number of ether oxygens (including phenoxy) is 1. The quantitative estimate of drug-likeness (QED) is 0.304. The van der Waals surface area contributed by atoms with Crippen molar-refractivity contribution in [3.8, 4) is 5.75 Å². The predicted octanol–water partition coefficient (Wildman–Crippen LogP) is 3.90. The lowest BCUT2D eigenvalue weighted by Crippen LogP contribution is -2.42. The number of halogens is 1. The van der Waals surface area contributed by atoms with Gasteiger partial charge in [0.1, 0.15) is 11.8 Å². The van der Waals surface area contributed by atoms with Gasteiger partial charge in [0.2, 0.25) is 11.9 Å². The molecular formula is C28H41ClN4O5. The summed E-state index contributed by atoms with van der Waals surface area (Å²) in [5.41, 5.74) is 1.47. The van der Waals surface area contributed by atoms with Crippen molar-refractivity contribution in [3.63, 3.8) is 0 Å². The number of rotatable bonds is 14. The maximum absolute atomic E-state index is 13.0. The van der Waals surface area contributed by atoms with Gasteiger partial charge < -0.3 is 24.7 Å². The number of amides is 2. The third kappa shape index (κ3) is 6.98. The highest BCUT2D eigenvalue weighted by Gasteiger charge is 2.39. The Kier molecular flexibility index (Phi) is 10.7. The molecule has 9 nitrogen and oxygen atoms in total. The molecule has 0 radical (unpaired) electrons. The summed E-state index contributed by atoms with van der Waals surface area (Å²) in [5.74, 6) is 1.02. The lowest BCUT2D eigenvalue weighted by atomic mass is 9.93. The first-order chi connectivity index (χ1) is 18.5. The van der Waals surface area contributed by atoms with Crippen LogP contribution in [0.5, 0.6) is 5.75 Å². The van der Waals surface area contributed by atoms with Crippen LogP contribution in [-0.2, 0) is 16.1 Å². The SMILES string of the molecule is O=C1NC2=Nc3ccc(OCCCCCCC(=O)N(CCCCO)C4CCCCC4)c(Cl)c3CN2C1CO. The van der Waals surface area contributed by atoms with Gasteiger partial charge >= 0.3 is 0 Å². The van der Waals surface area contributed by atoms with Gasteiger partial charge in [-0.05, 0) is 50.7 Å². The topological polar surface area (TPSA) is 115 Å². The summed E-state index contributed by atoms with van der Waals surface area (Å²) in [6, 6.07) is 3.35. The zero-order valence-corrected chi connectivity index (χ0v) is 22.9. The molecule has 3 N–H and O–H groups in total. The number of carbonyl (C=O) groups excluding carboxylic acids is 2. The number of guanidine groups is 1. The average Bonchev–Trinajstić information content (AvgIpc) is 3.24. The minimum Gasteiger partial charge on any atom is -0.492 e. The number of hydrogen-bond acceptors (Lipinski definition) is 7. The third-order valence-corrected chi connectivity index (χ3v) is 8.20. The molecule has 1 unspecified atom stereocenters. The Morgan fingerprint density at radius 3 is 2.66 bits per heavy atom. The van der Waals surface area contributed by atoms with E-state index in [-0.39, 0.29) is 25.0 Å². The summed E-state index contributed by atoms with van der Waals surface area (Å²) < 4.78 is 5.96. The van der Waals surface area contributed by atoms with Crippen molar-refractivity contribution in [2.45, 2.75) is 95.7 Å². The molecule has 38 heavy (non-hydrogen) atoms. The minimum absolute atomic E-state index is 0.182. The Hall–Kier alpha value is -2.36. The van der Waals surface area contributed by atoms with Crippen molar-refractivity contribution in [1.82, 2.24) is 15.1 Å². The minimum atomic E-state index is -0.662. The van der Waals surface area contributed by atoms with Crippen LogP contribution in [-0.4, -0.2) is 76.2 Å². The molecule has 1 aromatic rings. The molecule has 2 heterocycles. The van der Waals surface area contributed by atoms with Gasteiger partial charge in [-0.25, -0.2) is 4.99 Å². The first-order valence-electron chi connectivity index (χ1n) is 14.1. The molecule has 3 aliphatic rings. The standard InChI is InChI=1S/C28H41ClN4O5/c29-26-21-18-33-23(19-35)27(37)31-28(33)30-22(21)13-14-24(26)38-17-9-2-1-6-12-25(36)32(15-7-8-16-34)20-10-4-3-5-11-20/h13-14,20,23,34-35H,1-12,15-19H2,(H,30,31,37). The molecule has 210 valence electrons. The Morgan fingerprint density at radius 1 is 1.11 bits per heavy atom. The molecule has 0 bridgehead atoms. The normalized spacial score (nSPS) is 19.0. The maximum atomic E-state index is 13.0. The molecular weight excluding hydrogens is 508 g/mol. The van der Waals surface area contributed by atoms with Gasteiger partial charge in [-0.2, -0.15) is 0 Å². The number of carbonyl (C=O) groups is 2. The van der Waals surface area contributed by atoms with Crippen LogP contribution >= 0.6 is 11.6 Å². The van der Waals surface area contributed by atoms with E-state index in [1.807, 2.05) is 6.07 Å². The number of nitrogens with one attached hydrogen (secondary N) is 1. The molecule has 1 saturated heterocycles. The highest BCUT2D eigenvalue weighted by Crippen LogP contribution is 2.39. The Morgan fingerprint density at radius 2 is 1.89 bits per heavy atom. The summed E-state index contributed by atoms with van der Waals surface area (Å²) in [7, 11) is 0. The van der Waals surface area contributed by atoms with Gasteiger partial charge in [0.15, 0.2) is 0 Å². The number of benzene rings is 1. The summed E-state index contributed by atoms with van der Waals surface area (Å²) in [6.45, 7) is 1.56. The lowest BCUT2D eigenvalue weighted by molar-refractivity contribution is -0.134. The summed E-state index contributed by atoms with van der Waals surface area (Å²) >= 11 is 6.64. The number of aliphatic imine (C=N–C) groups is 1. The molecule has 2 fully saturated rings. The van der Waals surface area contributed by atoms with Crippen LogP contribution in [0.3, 0.4) is 0 Å². The van der Waals surface area contributed by atoms with Crippen LogP contribution in [0.15, 0.2) is 17.1 Å². The number of fused-ring (bicyclic) bond motifs is 2. The largest absolute Gasteiger partial charge is 0.492 e. The number of hydrogen-bond donors (Lipinski definition) is 3. The van der Waals surface area contributed by atoms with Crippen LogP contribution in [0, 0.1) is 0 Å². The second kappa shape index (κ2) is 14.1. The second-order valence-electron chi connectivity index (χ2n) is 10.4. The molecule has 1 aliphatic carbocycles. The lowest BCUT2D eigenvalue weighted by Gasteiger charge is -2.34. The van der Waals surface area contributed by atoms with Gasteiger partial charge in [-0.3, -0.25) is 14.9 Å². The Balaban J connectivity index is 1.18. The van der Waals surface area contributed by atoms with Crippen molar-refractivity contribution < 1.29 is 24.5 Å². The van der Waals surface area contributed by atoms with E-state index in [0.717, 1.165) is 63.5 Å². The second-order valence-corrected chi connectivity index (χ2v) is 10.8. The van der Waals surface area contributed by atoms with E-state index in [9.17, 15) is 14.7 Å². The molecule has 1 saturated carbocycles.